The summed E-state index contributed by atoms with van der Waals surface area (Å²) in [5.74, 6) is -1.49. The maximum absolute atomic E-state index is 12.4. The van der Waals surface area contributed by atoms with Crippen LogP contribution < -0.4 is 11.5 Å². The van der Waals surface area contributed by atoms with Gasteiger partial charge in [-0.15, -0.1) is 0 Å². The van der Waals surface area contributed by atoms with Crippen LogP contribution in [0.15, 0.2) is 12.3 Å². The van der Waals surface area contributed by atoms with Crippen molar-refractivity contribution in [3.63, 3.8) is 0 Å². The monoisotopic (exact) mass is 295 g/mol. The van der Waals surface area contributed by atoms with Gasteiger partial charge in [0.1, 0.15) is 0 Å². The summed E-state index contributed by atoms with van der Waals surface area (Å²) in [4.78, 5) is 37.5. The largest absolute Gasteiger partial charge is 0.402 e. The molecule has 2 amide bonds. The van der Waals surface area contributed by atoms with Crippen molar-refractivity contribution >= 4 is 17.6 Å². The highest BCUT2D eigenvalue weighted by atomic mass is 16.2. The van der Waals surface area contributed by atoms with Crippen LogP contribution in [-0.2, 0) is 14.4 Å². The molecule has 6 nitrogen and oxygen atoms in total. The van der Waals surface area contributed by atoms with Gasteiger partial charge in [-0.05, 0) is 19.3 Å². The van der Waals surface area contributed by atoms with Crippen LogP contribution in [0.25, 0.3) is 0 Å². The van der Waals surface area contributed by atoms with E-state index in [0.29, 0.717) is 18.7 Å². The van der Waals surface area contributed by atoms with Crippen LogP contribution in [0.1, 0.15) is 39.5 Å². The van der Waals surface area contributed by atoms with Crippen LogP contribution in [-0.4, -0.2) is 35.1 Å². The zero-order valence-corrected chi connectivity index (χ0v) is 12.8. The van der Waals surface area contributed by atoms with E-state index >= 15 is 0 Å². The summed E-state index contributed by atoms with van der Waals surface area (Å²) in [5, 5.41) is 0. The summed E-state index contributed by atoms with van der Waals surface area (Å²) in [6.07, 6.45) is 1.66. The van der Waals surface area contributed by atoms with E-state index in [1.54, 1.807) is 4.90 Å². The molecule has 1 aliphatic rings. The van der Waals surface area contributed by atoms with Gasteiger partial charge in [-0.3, -0.25) is 14.4 Å². The molecule has 0 aromatic heterocycles. The Bertz CT molecular complexity index is 445. The van der Waals surface area contributed by atoms with E-state index in [1.165, 1.54) is 0 Å². The van der Waals surface area contributed by atoms with Crippen molar-refractivity contribution in [3.05, 3.63) is 12.3 Å². The molecule has 1 saturated heterocycles. The van der Waals surface area contributed by atoms with Crippen LogP contribution in [0, 0.1) is 11.8 Å². The van der Waals surface area contributed by atoms with E-state index in [2.05, 4.69) is 6.58 Å². The fourth-order valence-electron chi connectivity index (χ4n) is 2.67. The Morgan fingerprint density at radius 2 is 1.86 bits per heavy atom. The van der Waals surface area contributed by atoms with E-state index in [-0.39, 0.29) is 30.4 Å². The van der Waals surface area contributed by atoms with E-state index < -0.39 is 17.9 Å². The topological polar surface area (TPSA) is 106 Å². The molecule has 0 aliphatic carbocycles. The molecule has 0 saturated carbocycles. The number of hydrogen-bond donors (Lipinski definition) is 2. The zero-order valence-electron chi connectivity index (χ0n) is 12.8. The number of hydrogen-bond acceptors (Lipinski definition) is 4. The average Bonchev–Trinajstić information content (AvgIpc) is 2.85. The molecular weight excluding hydrogens is 270 g/mol. The zero-order chi connectivity index (χ0) is 16.2. The van der Waals surface area contributed by atoms with Gasteiger partial charge in [0, 0.05) is 24.6 Å². The third-order valence-corrected chi connectivity index (χ3v) is 3.76. The van der Waals surface area contributed by atoms with Crippen molar-refractivity contribution in [1.82, 2.24) is 4.90 Å². The number of primary amides is 1. The van der Waals surface area contributed by atoms with E-state index in [0.717, 1.165) is 6.42 Å². The first kappa shape index (κ1) is 17.2. The molecule has 2 unspecified atom stereocenters. The number of nitrogens with zero attached hydrogens (tertiary/aromatic N) is 1. The minimum Gasteiger partial charge on any atom is -0.402 e. The Balaban J connectivity index is 2.74. The molecule has 4 N–H and O–H groups in total. The van der Waals surface area contributed by atoms with Gasteiger partial charge in [-0.25, -0.2) is 0 Å². The molecule has 1 aliphatic heterocycles. The number of ketones is 1. The molecule has 118 valence electrons. The predicted molar refractivity (Wildman–Crippen MR) is 79.8 cm³/mol. The molecule has 0 aromatic rings. The lowest BCUT2D eigenvalue weighted by molar-refractivity contribution is -0.140. The van der Waals surface area contributed by atoms with Crippen LogP contribution >= 0.6 is 0 Å². The third-order valence-electron chi connectivity index (χ3n) is 3.76. The number of amides is 2. The summed E-state index contributed by atoms with van der Waals surface area (Å²) in [7, 11) is 0. The molecule has 0 bridgehead atoms. The minimum atomic E-state index is -0.647. The fraction of sp³-hybridized carbons (Fsp3) is 0.667. The molecule has 1 heterocycles. The van der Waals surface area contributed by atoms with Gasteiger partial charge in [-0.2, -0.15) is 0 Å². The van der Waals surface area contributed by atoms with Crippen molar-refractivity contribution < 1.29 is 14.4 Å². The summed E-state index contributed by atoms with van der Waals surface area (Å²) in [6, 6.07) is -0.437. The number of carbonyl (C=O) groups is 3. The number of nitrogens with two attached hydrogens (primary N) is 2. The minimum absolute atomic E-state index is 0.0120. The van der Waals surface area contributed by atoms with Crippen molar-refractivity contribution in [1.29, 1.82) is 0 Å². The van der Waals surface area contributed by atoms with Crippen molar-refractivity contribution in [2.24, 2.45) is 23.3 Å². The second-order valence-electron chi connectivity index (χ2n) is 5.98. The maximum atomic E-state index is 12.4. The molecule has 0 radical (unpaired) electrons. The molecule has 21 heavy (non-hydrogen) atoms. The second-order valence-corrected chi connectivity index (χ2v) is 5.98. The number of likely N-dealkylation sites (tertiary alicyclic amines) is 1. The van der Waals surface area contributed by atoms with Crippen LogP contribution in [0.5, 0.6) is 0 Å². The van der Waals surface area contributed by atoms with Crippen LogP contribution in [0.4, 0.5) is 0 Å². The average molecular weight is 295 g/mol. The summed E-state index contributed by atoms with van der Waals surface area (Å²) in [6.45, 7) is 7.76. The van der Waals surface area contributed by atoms with Gasteiger partial charge >= 0.3 is 0 Å². The SMILES string of the molecule is C=C(N)CC(CC(=O)C1CCCN1C(=O)C(C)C)C(N)=O. The van der Waals surface area contributed by atoms with Crippen molar-refractivity contribution in [2.75, 3.05) is 6.54 Å². The first-order chi connectivity index (χ1) is 9.73. The predicted octanol–water partition coefficient (Wildman–Crippen LogP) is 0.557. The molecule has 2 atom stereocenters. The third kappa shape index (κ3) is 4.58. The molecule has 1 fully saturated rings. The molecule has 6 heteroatoms. The highest BCUT2D eigenvalue weighted by Gasteiger charge is 2.36. The van der Waals surface area contributed by atoms with E-state index in [1.807, 2.05) is 13.8 Å². The van der Waals surface area contributed by atoms with Crippen LogP contribution in [0.3, 0.4) is 0 Å². The highest BCUT2D eigenvalue weighted by Crippen LogP contribution is 2.24. The summed E-state index contributed by atoms with van der Waals surface area (Å²) < 4.78 is 0. The Kier molecular flexibility index (Phi) is 5.93. The molecule has 0 aromatic carbocycles. The lowest BCUT2D eigenvalue weighted by Gasteiger charge is -2.26. The van der Waals surface area contributed by atoms with Gasteiger partial charge in [-0.1, -0.05) is 20.4 Å². The van der Waals surface area contributed by atoms with Crippen molar-refractivity contribution in [2.45, 2.75) is 45.6 Å². The molecular formula is C15H25N3O3. The van der Waals surface area contributed by atoms with Gasteiger partial charge in [0.05, 0.1) is 12.0 Å². The van der Waals surface area contributed by atoms with Crippen molar-refractivity contribution in [3.8, 4) is 0 Å². The van der Waals surface area contributed by atoms with Gasteiger partial charge in [0.15, 0.2) is 5.78 Å². The van der Waals surface area contributed by atoms with E-state index in [9.17, 15) is 14.4 Å². The van der Waals surface area contributed by atoms with Gasteiger partial charge < -0.3 is 16.4 Å². The van der Waals surface area contributed by atoms with Gasteiger partial charge in [0.2, 0.25) is 11.8 Å². The Hall–Kier alpha value is -1.85. The van der Waals surface area contributed by atoms with Crippen LogP contribution in [0.2, 0.25) is 0 Å². The Morgan fingerprint density at radius 3 is 2.33 bits per heavy atom. The lowest BCUT2D eigenvalue weighted by atomic mass is 9.93. The molecule has 1 rings (SSSR count). The molecule has 0 spiro atoms. The first-order valence-electron chi connectivity index (χ1n) is 7.29. The first-order valence-corrected chi connectivity index (χ1v) is 7.29. The summed E-state index contributed by atoms with van der Waals surface area (Å²) >= 11 is 0. The standard InChI is InChI=1S/C15H25N3O3/c1-9(2)15(21)18-6-4-5-12(18)13(19)8-11(14(17)20)7-10(3)16/h9,11-12H,3-8,16H2,1-2H3,(H2,17,20). The lowest BCUT2D eigenvalue weighted by Crippen LogP contribution is -2.43. The Morgan fingerprint density at radius 1 is 1.24 bits per heavy atom. The number of allylic oxidation sites excluding steroid dienone is 1. The second kappa shape index (κ2) is 7.24. The fourth-order valence-corrected chi connectivity index (χ4v) is 2.67. The Labute approximate surface area is 125 Å². The number of rotatable bonds is 7. The highest BCUT2D eigenvalue weighted by molar-refractivity contribution is 5.93. The number of carbonyl (C=O) groups excluding carboxylic acids is 3. The smallest absolute Gasteiger partial charge is 0.225 e. The maximum Gasteiger partial charge on any atom is 0.225 e. The van der Waals surface area contributed by atoms with Gasteiger partial charge in [0.25, 0.3) is 0 Å². The number of Topliss-reactive ketones (excluding diaryl/α,β-unsaturated/α-hetero) is 1. The quantitative estimate of drug-likeness (QED) is 0.715. The van der Waals surface area contributed by atoms with E-state index in [4.69, 9.17) is 11.5 Å². The normalized spacial score (nSPS) is 19.6. The summed E-state index contributed by atoms with van der Waals surface area (Å²) in [5.41, 5.74) is 11.1.